The molecule has 0 bridgehead atoms. The molecule has 0 saturated heterocycles. The predicted octanol–water partition coefficient (Wildman–Crippen LogP) is 2.97. The van der Waals surface area contributed by atoms with Gasteiger partial charge in [0.05, 0.1) is 12.0 Å². The van der Waals surface area contributed by atoms with Crippen molar-refractivity contribution < 1.29 is 0 Å². The zero-order valence-corrected chi connectivity index (χ0v) is 7.44. The summed E-state index contributed by atoms with van der Waals surface area (Å²) in [6.07, 6.45) is 2.13. The number of nitrogens with zero attached hydrogens (tertiary/aromatic N) is 1. The third-order valence-electron chi connectivity index (χ3n) is 1.78. The summed E-state index contributed by atoms with van der Waals surface area (Å²) in [7, 11) is 0. The van der Waals surface area contributed by atoms with Crippen molar-refractivity contribution in [3.63, 3.8) is 0 Å². The first-order valence-corrected chi connectivity index (χ1v) is 3.92. The molecule has 1 nitrogen and oxygen atoms in total. The average Bonchev–Trinajstić information content (AvgIpc) is 1.80. The van der Waals surface area contributed by atoms with Crippen LogP contribution < -0.4 is 0 Å². The molecule has 0 aromatic heterocycles. The molecule has 0 heterocycles. The van der Waals surface area contributed by atoms with Crippen molar-refractivity contribution in [2.75, 3.05) is 0 Å². The zero-order valence-electron chi connectivity index (χ0n) is 7.44. The van der Waals surface area contributed by atoms with Gasteiger partial charge in [-0.15, -0.1) is 0 Å². The molecular formula is C9H17N. The second kappa shape index (κ2) is 3.61. The lowest BCUT2D eigenvalue weighted by molar-refractivity contribution is 0.284. The Balaban J connectivity index is 3.98. The molecule has 1 unspecified atom stereocenters. The molecule has 10 heavy (non-hydrogen) atoms. The van der Waals surface area contributed by atoms with Gasteiger partial charge in [0.25, 0.3) is 0 Å². The molecule has 0 aliphatic heterocycles. The molecule has 0 rings (SSSR count). The number of nitriles is 1. The summed E-state index contributed by atoms with van der Waals surface area (Å²) in [5.41, 5.74) is 0.157. The number of hydrogen-bond acceptors (Lipinski definition) is 1. The van der Waals surface area contributed by atoms with Crippen LogP contribution >= 0.6 is 0 Å². The van der Waals surface area contributed by atoms with Crippen molar-refractivity contribution in [2.24, 2.45) is 11.3 Å². The van der Waals surface area contributed by atoms with Crippen LogP contribution in [0.15, 0.2) is 0 Å². The number of hydrogen-bond donors (Lipinski definition) is 0. The van der Waals surface area contributed by atoms with Crippen molar-refractivity contribution in [1.29, 1.82) is 5.26 Å². The second-order valence-electron chi connectivity index (χ2n) is 3.84. The maximum absolute atomic E-state index is 8.74. The van der Waals surface area contributed by atoms with E-state index in [4.69, 9.17) is 5.26 Å². The third-order valence-corrected chi connectivity index (χ3v) is 1.78. The zero-order chi connectivity index (χ0) is 8.20. The first-order valence-electron chi connectivity index (χ1n) is 3.92. The number of rotatable bonds is 2. The summed E-state index contributed by atoms with van der Waals surface area (Å²) in [6, 6.07) is 2.34. The van der Waals surface area contributed by atoms with E-state index in [2.05, 4.69) is 33.8 Å². The highest BCUT2D eigenvalue weighted by atomic mass is 14.3. The molecule has 0 saturated carbocycles. The Labute approximate surface area is 64.1 Å². The van der Waals surface area contributed by atoms with Crippen molar-refractivity contribution in [1.82, 2.24) is 0 Å². The van der Waals surface area contributed by atoms with Crippen LogP contribution in [0.4, 0.5) is 0 Å². The van der Waals surface area contributed by atoms with E-state index >= 15 is 0 Å². The molecule has 0 aromatic rings. The lowest BCUT2D eigenvalue weighted by Gasteiger charge is -2.23. The molecule has 0 aliphatic carbocycles. The minimum absolute atomic E-state index is 0.157. The summed E-state index contributed by atoms with van der Waals surface area (Å²) >= 11 is 0. The summed E-state index contributed by atoms with van der Waals surface area (Å²) in [5.74, 6) is 0.220. The topological polar surface area (TPSA) is 23.8 Å². The van der Waals surface area contributed by atoms with Crippen LogP contribution in [0.25, 0.3) is 0 Å². The molecule has 0 N–H and O–H groups in total. The largest absolute Gasteiger partial charge is 0.198 e. The highest BCUT2D eigenvalue weighted by molar-refractivity contribution is 4.90. The minimum atomic E-state index is 0.157. The van der Waals surface area contributed by atoms with Gasteiger partial charge in [-0.3, -0.25) is 0 Å². The van der Waals surface area contributed by atoms with Crippen LogP contribution in [-0.4, -0.2) is 0 Å². The fourth-order valence-corrected chi connectivity index (χ4v) is 0.980. The van der Waals surface area contributed by atoms with E-state index in [0.717, 1.165) is 12.8 Å². The van der Waals surface area contributed by atoms with E-state index in [9.17, 15) is 0 Å². The van der Waals surface area contributed by atoms with E-state index in [1.54, 1.807) is 0 Å². The molecule has 0 fully saturated rings. The third kappa shape index (κ3) is 2.87. The monoisotopic (exact) mass is 139 g/mol. The fraction of sp³-hybridized carbons (Fsp3) is 0.889. The molecule has 1 atom stereocenters. The molecule has 0 amide bonds. The molecular weight excluding hydrogens is 122 g/mol. The van der Waals surface area contributed by atoms with Crippen LogP contribution in [0, 0.1) is 22.7 Å². The van der Waals surface area contributed by atoms with Gasteiger partial charge in [-0.2, -0.15) is 5.26 Å². The lowest BCUT2D eigenvalue weighted by Crippen LogP contribution is -2.18. The SMILES string of the molecule is CCCC(C#N)C(C)(C)C. The van der Waals surface area contributed by atoms with Gasteiger partial charge in [-0.1, -0.05) is 34.1 Å². The van der Waals surface area contributed by atoms with Gasteiger partial charge in [0.2, 0.25) is 0 Å². The van der Waals surface area contributed by atoms with Gasteiger partial charge < -0.3 is 0 Å². The Kier molecular flexibility index (Phi) is 3.42. The van der Waals surface area contributed by atoms with Gasteiger partial charge in [-0.05, 0) is 11.8 Å². The van der Waals surface area contributed by atoms with Crippen LogP contribution in [0.1, 0.15) is 40.5 Å². The molecule has 1 heteroatoms. The smallest absolute Gasteiger partial charge is 0.0661 e. The normalized spacial score (nSPS) is 14.3. The van der Waals surface area contributed by atoms with Gasteiger partial charge in [-0.25, -0.2) is 0 Å². The fourth-order valence-electron chi connectivity index (χ4n) is 0.980. The Hall–Kier alpha value is -0.510. The Morgan fingerprint density at radius 1 is 1.40 bits per heavy atom. The Bertz CT molecular complexity index is 125. The van der Waals surface area contributed by atoms with E-state index < -0.39 is 0 Å². The van der Waals surface area contributed by atoms with Gasteiger partial charge >= 0.3 is 0 Å². The average molecular weight is 139 g/mol. The van der Waals surface area contributed by atoms with Crippen LogP contribution in [0.3, 0.4) is 0 Å². The van der Waals surface area contributed by atoms with E-state index in [1.807, 2.05) is 0 Å². The highest BCUT2D eigenvalue weighted by Gasteiger charge is 2.22. The summed E-state index contributed by atoms with van der Waals surface area (Å²) in [5, 5.41) is 8.74. The van der Waals surface area contributed by atoms with Crippen LogP contribution in [0.5, 0.6) is 0 Å². The van der Waals surface area contributed by atoms with Crippen LogP contribution in [-0.2, 0) is 0 Å². The van der Waals surface area contributed by atoms with E-state index in [0.29, 0.717) is 0 Å². The molecule has 0 aromatic carbocycles. The predicted molar refractivity (Wildman–Crippen MR) is 43.5 cm³/mol. The summed E-state index contributed by atoms with van der Waals surface area (Å²) in [6.45, 7) is 8.49. The van der Waals surface area contributed by atoms with Crippen molar-refractivity contribution in [2.45, 2.75) is 40.5 Å². The Morgan fingerprint density at radius 2 is 1.90 bits per heavy atom. The van der Waals surface area contributed by atoms with E-state index in [1.165, 1.54) is 0 Å². The molecule has 0 aliphatic rings. The van der Waals surface area contributed by atoms with Crippen molar-refractivity contribution >= 4 is 0 Å². The molecule has 0 spiro atoms. The van der Waals surface area contributed by atoms with Crippen molar-refractivity contribution in [3.05, 3.63) is 0 Å². The van der Waals surface area contributed by atoms with Gasteiger partial charge in [0, 0.05) is 0 Å². The van der Waals surface area contributed by atoms with Gasteiger partial charge in [0.15, 0.2) is 0 Å². The lowest BCUT2D eigenvalue weighted by atomic mass is 9.79. The minimum Gasteiger partial charge on any atom is -0.198 e. The first-order chi connectivity index (χ1) is 4.52. The summed E-state index contributed by atoms with van der Waals surface area (Å²) < 4.78 is 0. The maximum atomic E-state index is 8.74. The molecule has 0 radical (unpaired) electrons. The van der Waals surface area contributed by atoms with Crippen LogP contribution in [0.2, 0.25) is 0 Å². The first kappa shape index (κ1) is 9.49. The van der Waals surface area contributed by atoms with E-state index in [-0.39, 0.29) is 11.3 Å². The molecule has 58 valence electrons. The Morgan fingerprint density at radius 3 is 2.00 bits per heavy atom. The second-order valence-corrected chi connectivity index (χ2v) is 3.84. The van der Waals surface area contributed by atoms with Gasteiger partial charge in [0.1, 0.15) is 0 Å². The summed E-state index contributed by atoms with van der Waals surface area (Å²) in [4.78, 5) is 0. The highest BCUT2D eigenvalue weighted by Crippen LogP contribution is 2.28. The quantitative estimate of drug-likeness (QED) is 0.577. The standard InChI is InChI=1S/C9H17N/c1-5-6-8(7-10)9(2,3)4/h8H,5-6H2,1-4H3. The van der Waals surface area contributed by atoms with Crippen molar-refractivity contribution in [3.8, 4) is 6.07 Å². The maximum Gasteiger partial charge on any atom is 0.0661 e.